The van der Waals surface area contributed by atoms with Crippen molar-refractivity contribution in [2.45, 2.75) is 25.9 Å². The molecule has 0 bridgehead atoms. The van der Waals surface area contributed by atoms with Crippen molar-refractivity contribution in [3.8, 4) is 0 Å². The largest absolute Gasteiger partial charge is 0.481 e. The van der Waals surface area contributed by atoms with E-state index in [2.05, 4.69) is 5.32 Å². The zero-order chi connectivity index (χ0) is 15.6. The second-order valence-electron chi connectivity index (χ2n) is 5.28. The van der Waals surface area contributed by atoms with Gasteiger partial charge in [0.2, 0.25) is 5.91 Å². The molecule has 0 saturated carbocycles. The maximum absolute atomic E-state index is 12.7. The number of nitrogens with one attached hydrogen (secondary N) is 1. The predicted molar refractivity (Wildman–Crippen MR) is 72.7 cm³/mol. The number of carbonyl (C=O) groups is 3. The Morgan fingerprint density at radius 2 is 2.19 bits per heavy atom. The lowest BCUT2D eigenvalue weighted by Crippen LogP contribution is -2.61. The van der Waals surface area contributed by atoms with Crippen molar-refractivity contribution in [3.63, 3.8) is 0 Å². The van der Waals surface area contributed by atoms with Gasteiger partial charge in [-0.25, -0.2) is 4.79 Å². The maximum Gasteiger partial charge on any atom is 0.321 e. The van der Waals surface area contributed by atoms with E-state index in [-0.39, 0.29) is 25.2 Å². The fourth-order valence-corrected chi connectivity index (χ4v) is 2.81. The van der Waals surface area contributed by atoms with Crippen LogP contribution in [-0.2, 0) is 14.3 Å². The van der Waals surface area contributed by atoms with Gasteiger partial charge in [-0.15, -0.1) is 0 Å². The number of carbonyl (C=O) groups excluding carboxylic acids is 2. The second-order valence-corrected chi connectivity index (χ2v) is 5.28. The number of piperazine rings is 1. The zero-order valence-electron chi connectivity index (χ0n) is 12.2. The van der Waals surface area contributed by atoms with E-state index in [9.17, 15) is 19.5 Å². The van der Waals surface area contributed by atoms with E-state index >= 15 is 0 Å². The van der Waals surface area contributed by atoms with E-state index in [1.54, 1.807) is 13.8 Å². The van der Waals surface area contributed by atoms with Crippen molar-refractivity contribution in [2.75, 3.05) is 32.8 Å². The number of amides is 3. The minimum atomic E-state index is -0.965. The molecule has 2 rings (SSSR count). The lowest BCUT2D eigenvalue weighted by atomic mass is 10.0. The molecule has 8 nitrogen and oxygen atoms in total. The van der Waals surface area contributed by atoms with Crippen LogP contribution >= 0.6 is 0 Å². The van der Waals surface area contributed by atoms with Crippen LogP contribution in [0.25, 0.3) is 0 Å². The third-order valence-electron chi connectivity index (χ3n) is 4.10. The van der Waals surface area contributed by atoms with Gasteiger partial charge >= 0.3 is 12.0 Å². The third kappa shape index (κ3) is 2.94. The van der Waals surface area contributed by atoms with Gasteiger partial charge in [-0.2, -0.15) is 0 Å². The maximum atomic E-state index is 12.7. The van der Waals surface area contributed by atoms with Gasteiger partial charge in [-0.3, -0.25) is 9.59 Å². The normalized spacial score (nSPS) is 29.1. The Hall–Kier alpha value is -1.83. The van der Waals surface area contributed by atoms with Crippen LogP contribution in [0.3, 0.4) is 0 Å². The third-order valence-corrected chi connectivity index (χ3v) is 4.10. The average Bonchev–Trinajstić information content (AvgIpc) is 2.92. The van der Waals surface area contributed by atoms with Crippen molar-refractivity contribution in [3.05, 3.63) is 0 Å². The summed E-state index contributed by atoms with van der Waals surface area (Å²) in [6, 6.07) is -1.34. The number of aliphatic carboxylic acids is 1. The van der Waals surface area contributed by atoms with Gasteiger partial charge in [-0.05, 0) is 13.8 Å². The fourth-order valence-electron chi connectivity index (χ4n) is 2.81. The fraction of sp³-hybridized carbons (Fsp3) is 0.769. The summed E-state index contributed by atoms with van der Waals surface area (Å²) in [4.78, 5) is 38.6. The molecule has 2 fully saturated rings. The standard InChI is InChI=1S/C13H21N3O5/c1-3-15(10-7-21-6-9(10)12(18)19)13(20)16-5-4-14-11(17)8(16)2/h8-10H,3-7H2,1-2H3,(H,14,17)(H,18,19). The lowest BCUT2D eigenvalue weighted by molar-refractivity contribution is -0.143. The Labute approximate surface area is 123 Å². The molecule has 0 aliphatic carbocycles. The van der Waals surface area contributed by atoms with Gasteiger partial charge in [0.15, 0.2) is 0 Å². The zero-order valence-corrected chi connectivity index (χ0v) is 12.2. The first-order valence-electron chi connectivity index (χ1n) is 7.12. The smallest absolute Gasteiger partial charge is 0.321 e. The molecular formula is C13H21N3O5. The molecule has 21 heavy (non-hydrogen) atoms. The molecule has 0 aromatic carbocycles. The molecule has 3 unspecified atom stereocenters. The van der Waals surface area contributed by atoms with Crippen molar-refractivity contribution < 1.29 is 24.2 Å². The summed E-state index contributed by atoms with van der Waals surface area (Å²) in [6.45, 7) is 5.00. The van der Waals surface area contributed by atoms with Crippen molar-refractivity contribution >= 4 is 17.9 Å². The lowest BCUT2D eigenvalue weighted by Gasteiger charge is -2.39. The Morgan fingerprint density at radius 1 is 1.48 bits per heavy atom. The number of hydrogen-bond donors (Lipinski definition) is 2. The first-order chi connectivity index (χ1) is 9.97. The Kier molecular flexibility index (Phi) is 4.66. The summed E-state index contributed by atoms with van der Waals surface area (Å²) < 4.78 is 5.23. The minimum absolute atomic E-state index is 0.111. The highest BCUT2D eigenvalue weighted by Crippen LogP contribution is 2.22. The van der Waals surface area contributed by atoms with Gasteiger partial charge in [0.05, 0.1) is 19.3 Å². The number of likely N-dealkylation sites (N-methyl/N-ethyl adjacent to an activating group) is 1. The number of carboxylic acid groups (broad SMARTS) is 1. The van der Waals surface area contributed by atoms with Gasteiger partial charge < -0.3 is 25.0 Å². The van der Waals surface area contributed by atoms with Crippen LogP contribution in [0.1, 0.15) is 13.8 Å². The summed E-state index contributed by atoms with van der Waals surface area (Å²) in [5.74, 6) is -1.88. The Bertz CT molecular complexity index is 442. The van der Waals surface area contributed by atoms with E-state index in [0.717, 1.165) is 0 Å². The van der Waals surface area contributed by atoms with E-state index in [4.69, 9.17) is 4.74 Å². The summed E-state index contributed by atoms with van der Waals surface area (Å²) >= 11 is 0. The second kappa shape index (κ2) is 6.30. The van der Waals surface area contributed by atoms with Crippen LogP contribution in [0.2, 0.25) is 0 Å². The van der Waals surface area contributed by atoms with Crippen LogP contribution in [0, 0.1) is 5.92 Å². The molecule has 2 aliphatic rings. The van der Waals surface area contributed by atoms with E-state index < -0.39 is 24.0 Å². The average molecular weight is 299 g/mol. The highest BCUT2D eigenvalue weighted by molar-refractivity contribution is 5.88. The quantitative estimate of drug-likeness (QED) is 0.721. The number of ether oxygens (including phenoxy) is 1. The molecule has 3 atom stereocenters. The first-order valence-corrected chi connectivity index (χ1v) is 7.12. The van der Waals surface area contributed by atoms with Gasteiger partial charge in [0, 0.05) is 19.6 Å². The number of rotatable bonds is 3. The molecular weight excluding hydrogens is 278 g/mol. The summed E-state index contributed by atoms with van der Waals surface area (Å²) in [6.07, 6.45) is 0. The van der Waals surface area contributed by atoms with Crippen LogP contribution in [0.5, 0.6) is 0 Å². The molecule has 2 saturated heterocycles. The van der Waals surface area contributed by atoms with Crippen molar-refractivity contribution in [1.82, 2.24) is 15.1 Å². The Morgan fingerprint density at radius 3 is 2.81 bits per heavy atom. The van der Waals surface area contributed by atoms with Crippen molar-refractivity contribution in [1.29, 1.82) is 0 Å². The summed E-state index contributed by atoms with van der Waals surface area (Å²) in [7, 11) is 0. The SMILES string of the molecule is CCN(C(=O)N1CCNC(=O)C1C)C1COCC1C(=O)O. The molecule has 2 aliphatic heterocycles. The predicted octanol–water partition coefficient (Wildman–Crippen LogP) is -0.652. The molecule has 3 amide bonds. The van der Waals surface area contributed by atoms with Gasteiger partial charge in [0.1, 0.15) is 12.0 Å². The van der Waals surface area contributed by atoms with Crippen LogP contribution < -0.4 is 5.32 Å². The number of carboxylic acids is 1. The van der Waals surface area contributed by atoms with Gasteiger partial charge in [0.25, 0.3) is 0 Å². The molecule has 2 N–H and O–H groups in total. The number of nitrogens with zero attached hydrogens (tertiary/aromatic N) is 2. The molecule has 8 heteroatoms. The highest BCUT2D eigenvalue weighted by atomic mass is 16.5. The topological polar surface area (TPSA) is 99.2 Å². The molecule has 118 valence electrons. The van der Waals surface area contributed by atoms with Crippen LogP contribution in [-0.4, -0.2) is 77.7 Å². The van der Waals surface area contributed by atoms with Gasteiger partial charge in [-0.1, -0.05) is 0 Å². The monoisotopic (exact) mass is 299 g/mol. The van der Waals surface area contributed by atoms with Crippen LogP contribution in [0.15, 0.2) is 0 Å². The van der Waals surface area contributed by atoms with E-state index in [0.29, 0.717) is 19.6 Å². The number of hydrogen-bond acceptors (Lipinski definition) is 4. The van der Waals surface area contributed by atoms with E-state index in [1.165, 1.54) is 9.80 Å². The van der Waals surface area contributed by atoms with E-state index in [1.807, 2.05) is 0 Å². The molecule has 0 aromatic rings. The summed E-state index contributed by atoms with van der Waals surface area (Å²) in [5.41, 5.74) is 0. The Balaban J connectivity index is 2.14. The molecule has 2 heterocycles. The minimum Gasteiger partial charge on any atom is -0.481 e. The molecule has 0 radical (unpaired) electrons. The van der Waals surface area contributed by atoms with Crippen molar-refractivity contribution in [2.24, 2.45) is 5.92 Å². The first kappa shape index (κ1) is 15.6. The van der Waals surface area contributed by atoms with Crippen LogP contribution in [0.4, 0.5) is 4.79 Å². The molecule has 0 aromatic heterocycles. The number of urea groups is 1. The molecule has 0 spiro atoms. The highest BCUT2D eigenvalue weighted by Gasteiger charge is 2.42. The summed E-state index contributed by atoms with van der Waals surface area (Å²) in [5, 5.41) is 11.9.